The zero-order valence-corrected chi connectivity index (χ0v) is 21.4. The van der Waals surface area contributed by atoms with E-state index in [1.54, 1.807) is 4.90 Å². The molecule has 4 aromatic carbocycles. The molecule has 1 aliphatic heterocycles. The van der Waals surface area contributed by atoms with Crippen LogP contribution < -0.4 is 4.90 Å². The molecule has 0 spiro atoms. The van der Waals surface area contributed by atoms with Gasteiger partial charge in [-0.15, -0.1) is 0 Å². The van der Waals surface area contributed by atoms with Crippen molar-refractivity contribution in [2.45, 2.75) is 20.8 Å². The van der Waals surface area contributed by atoms with E-state index >= 15 is 0 Å². The topological polar surface area (TPSA) is 63.2 Å². The molecule has 0 saturated heterocycles. The molecule has 184 valence electrons. The summed E-state index contributed by atoms with van der Waals surface area (Å²) < 4.78 is 0. The molecule has 1 amide bonds. The SMILES string of the molecule is Cc1cc(C)c(N2C(=O)C(=O)C(c3nc4ccccc4nc3-c3ccccc3)=C2c2ccccc2)c(C)c1. The third-order valence-electron chi connectivity index (χ3n) is 6.85. The lowest BCUT2D eigenvalue weighted by molar-refractivity contribution is -0.131. The summed E-state index contributed by atoms with van der Waals surface area (Å²) in [6, 6.07) is 30.9. The van der Waals surface area contributed by atoms with Gasteiger partial charge in [0.05, 0.1) is 33.7 Å². The zero-order valence-electron chi connectivity index (χ0n) is 21.4. The van der Waals surface area contributed by atoms with Crippen LogP contribution in [0.25, 0.3) is 33.6 Å². The maximum atomic E-state index is 14.0. The number of fused-ring (bicyclic) bond motifs is 1. The maximum absolute atomic E-state index is 14.0. The number of anilines is 1. The van der Waals surface area contributed by atoms with E-state index in [2.05, 4.69) is 0 Å². The highest BCUT2D eigenvalue weighted by molar-refractivity contribution is 6.65. The Balaban J connectivity index is 1.73. The first kappa shape index (κ1) is 23.5. The Morgan fingerprint density at radius 3 is 1.68 bits per heavy atom. The quantitative estimate of drug-likeness (QED) is 0.260. The molecule has 0 radical (unpaired) electrons. The number of para-hydroxylation sites is 2. The molecule has 5 nitrogen and oxygen atoms in total. The minimum atomic E-state index is -0.595. The molecule has 0 atom stereocenters. The molecular weight excluding hydrogens is 470 g/mol. The van der Waals surface area contributed by atoms with E-state index in [0.29, 0.717) is 22.6 Å². The lowest BCUT2D eigenvalue weighted by Crippen LogP contribution is -2.29. The van der Waals surface area contributed by atoms with Crippen LogP contribution in [0.3, 0.4) is 0 Å². The number of aryl methyl sites for hydroxylation is 3. The number of hydrogen-bond donors (Lipinski definition) is 0. The number of carbonyl (C=O) groups excluding carboxylic acids is 2. The van der Waals surface area contributed by atoms with Crippen molar-refractivity contribution in [1.82, 2.24) is 9.97 Å². The number of aromatic nitrogens is 2. The summed E-state index contributed by atoms with van der Waals surface area (Å²) >= 11 is 0. The summed E-state index contributed by atoms with van der Waals surface area (Å²) in [5.41, 5.74) is 8.37. The van der Waals surface area contributed by atoms with Gasteiger partial charge in [0.25, 0.3) is 5.78 Å². The van der Waals surface area contributed by atoms with Crippen LogP contribution in [-0.4, -0.2) is 21.7 Å². The van der Waals surface area contributed by atoms with Gasteiger partial charge in [-0.1, -0.05) is 90.5 Å². The molecule has 5 aromatic rings. The Bertz CT molecular complexity index is 1750. The molecule has 0 N–H and O–H groups in total. The number of Topliss-reactive ketones (excluding diaryl/α,β-unsaturated/α-hetero) is 1. The van der Waals surface area contributed by atoms with Gasteiger partial charge in [-0.25, -0.2) is 9.97 Å². The van der Waals surface area contributed by atoms with Gasteiger partial charge < -0.3 is 0 Å². The number of ketones is 1. The Labute approximate surface area is 221 Å². The third-order valence-corrected chi connectivity index (χ3v) is 6.85. The van der Waals surface area contributed by atoms with E-state index in [1.807, 2.05) is 118 Å². The van der Waals surface area contributed by atoms with E-state index in [9.17, 15) is 9.59 Å². The lowest BCUT2D eigenvalue weighted by Gasteiger charge is -2.25. The van der Waals surface area contributed by atoms with Gasteiger partial charge in [-0.05, 0) is 49.6 Å². The van der Waals surface area contributed by atoms with Crippen molar-refractivity contribution in [2.75, 3.05) is 4.90 Å². The van der Waals surface area contributed by atoms with E-state index in [1.165, 1.54) is 0 Å². The fourth-order valence-electron chi connectivity index (χ4n) is 5.33. The van der Waals surface area contributed by atoms with E-state index in [4.69, 9.17) is 9.97 Å². The van der Waals surface area contributed by atoms with Crippen LogP contribution in [-0.2, 0) is 9.59 Å². The van der Waals surface area contributed by atoms with Gasteiger partial charge in [0.2, 0.25) is 0 Å². The molecule has 0 saturated carbocycles. The standard InChI is InChI=1S/C33H25N3O2/c1-20-18-21(2)30(22(3)19-20)36-31(24-14-8-5-9-15-24)27(32(37)33(36)38)29-28(23-12-6-4-7-13-23)34-25-16-10-11-17-26(25)35-29/h4-19H,1-3H3. The van der Waals surface area contributed by atoms with Gasteiger partial charge in [0.15, 0.2) is 0 Å². The zero-order chi connectivity index (χ0) is 26.4. The minimum Gasteiger partial charge on any atom is -0.283 e. The first-order valence-corrected chi connectivity index (χ1v) is 12.5. The summed E-state index contributed by atoms with van der Waals surface area (Å²) in [6.45, 7) is 5.97. The van der Waals surface area contributed by atoms with Crippen molar-refractivity contribution >= 4 is 39.7 Å². The van der Waals surface area contributed by atoms with E-state index < -0.39 is 11.7 Å². The number of rotatable bonds is 4. The molecule has 0 unspecified atom stereocenters. The van der Waals surface area contributed by atoms with Gasteiger partial charge in [0.1, 0.15) is 5.69 Å². The van der Waals surface area contributed by atoms with Crippen molar-refractivity contribution < 1.29 is 9.59 Å². The summed E-state index contributed by atoms with van der Waals surface area (Å²) in [4.78, 5) is 39.3. The van der Waals surface area contributed by atoms with Crippen molar-refractivity contribution in [2.24, 2.45) is 0 Å². The van der Waals surface area contributed by atoms with Crippen molar-refractivity contribution in [3.63, 3.8) is 0 Å². The summed E-state index contributed by atoms with van der Waals surface area (Å²) in [5, 5.41) is 0. The van der Waals surface area contributed by atoms with E-state index in [-0.39, 0.29) is 5.57 Å². The highest BCUT2D eigenvalue weighted by Gasteiger charge is 2.43. The second kappa shape index (κ2) is 9.20. The molecule has 5 heteroatoms. The van der Waals surface area contributed by atoms with Crippen molar-refractivity contribution in [3.8, 4) is 11.3 Å². The highest BCUT2D eigenvalue weighted by Crippen LogP contribution is 2.43. The molecule has 6 rings (SSSR count). The second-order valence-electron chi connectivity index (χ2n) is 9.58. The van der Waals surface area contributed by atoms with E-state index in [0.717, 1.165) is 39.0 Å². The number of amides is 1. The fourth-order valence-corrected chi connectivity index (χ4v) is 5.33. The predicted octanol–water partition coefficient (Wildman–Crippen LogP) is 6.71. The molecule has 0 bridgehead atoms. The summed E-state index contributed by atoms with van der Waals surface area (Å²) in [7, 11) is 0. The number of hydrogen-bond acceptors (Lipinski definition) is 4. The molecule has 1 aromatic heterocycles. The molecule has 38 heavy (non-hydrogen) atoms. The van der Waals surface area contributed by atoms with Gasteiger partial charge in [0, 0.05) is 5.56 Å². The van der Waals surface area contributed by atoms with Crippen LogP contribution in [0.1, 0.15) is 27.9 Å². The molecule has 1 aliphatic rings. The Kier molecular flexibility index (Phi) is 5.69. The molecule has 2 heterocycles. The molecular formula is C33H25N3O2. The summed E-state index contributed by atoms with van der Waals surface area (Å²) in [6.07, 6.45) is 0. The average molecular weight is 496 g/mol. The lowest BCUT2D eigenvalue weighted by atomic mass is 9.97. The maximum Gasteiger partial charge on any atom is 0.304 e. The second-order valence-corrected chi connectivity index (χ2v) is 9.58. The minimum absolute atomic E-state index is 0.262. The average Bonchev–Trinajstić information content (AvgIpc) is 3.18. The van der Waals surface area contributed by atoms with Crippen LogP contribution in [0.5, 0.6) is 0 Å². The van der Waals surface area contributed by atoms with Crippen LogP contribution >= 0.6 is 0 Å². The fraction of sp³-hybridized carbons (Fsp3) is 0.0909. The summed E-state index contributed by atoms with van der Waals surface area (Å²) in [5.74, 6) is -1.19. The van der Waals surface area contributed by atoms with Crippen LogP contribution in [0, 0.1) is 20.8 Å². The monoisotopic (exact) mass is 495 g/mol. The predicted molar refractivity (Wildman–Crippen MR) is 151 cm³/mol. The first-order chi connectivity index (χ1) is 18.4. The smallest absolute Gasteiger partial charge is 0.283 e. The van der Waals surface area contributed by atoms with Crippen LogP contribution in [0.2, 0.25) is 0 Å². The molecule has 0 fully saturated rings. The van der Waals surface area contributed by atoms with Crippen LogP contribution in [0.4, 0.5) is 5.69 Å². The molecule has 0 aliphatic carbocycles. The first-order valence-electron chi connectivity index (χ1n) is 12.5. The van der Waals surface area contributed by atoms with Gasteiger partial charge >= 0.3 is 5.91 Å². The number of carbonyl (C=O) groups is 2. The number of benzene rings is 4. The number of nitrogens with zero attached hydrogens (tertiary/aromatic N) is 3. The van der Waals surface area contributed by atoms with Crippen molar-refractivity contribution in [1.29, 1.82) is 0 Å². The third kappa shape index (κ3) is 3.80. The Hall–Kier alpha value is -4.90. The highest BCUT2D eigenvalue weighted by atomic mass is 16.2. The van der Waals surface area contributed by atoms with Crippen molar-refractivity contribution in [3.05, 3.63) is 125 Å². The largest absolute Gasteiger partial charge is 0.304 e. The Morgan fingerprint density at radius 2 is 1.11 bits per heavy atom. The van der Waals surface area contributed by atoms with Gasteiger partial charge in [-0.2, -0.15) is 0 Å². The van der Waals surface area contributed by atoms with Crippen LogP contribution in [0.15, 0.2) is 97.1 Å². The van der Waals surface area contributed by atoms with Gasteiger partial charge in [-0.3, -0.25) is 14.5 Å². The normalized spacial score (nSPS) is 13.6. The Morgan fingerprint density at radius 1 is 0.605 bits per heavy atom.